The van der Waals surface area contributed by atoms with Gasteiger partial charge in [-0.25, -0.2) is 8.42 Å². The van der Waals surface area contributed by atoms with Gasteiger partial charge < -0.3 is 0 Å². The lowest BCUT2D eigenvalue weighted by molar-refractivity contribution is 0.175. The number of tetrazole rings is 1. The van der Waals surface area contributed by atoms with E-state index in [0.717, 1.165) is 44.5 Å². The fraction of sp³-hybridized carbons (Fsp3) is 0.409. The minimum atomic E-state index is -3.29. The fourth-order valence-corrected chi connectivity index (χ4v) is 5.36. The van der Waals surface area contributed by atoms with Gasteiger partial charge in [-0.1, -0.05) is 30.3 Å². The number of benzene rings is 2. The molecule has 0 aliphatic carbocycles. The van der Waals surface area contributed by atoms with Crippen molar-refractivity contribution >= 4 is 9.84 Å². The molecular weight excluding hydrogens is 398 g/mol. The number of hydrogen-bond acceptors (Lipinski definition) is 6. The Hall–Kier alpha value is -2.58. The van der Waals surface area contributed by atoms with Gasteiger partial charge in [-0.15, -0.1) is 10.2 Å². The Kier molecular flexibility index (Phi) is 6.24. The van der Waals surface area contributed by atoms with E-state index in [-0.39, 0.29) is 5.75 Å². The van der Waals surface area contributed by atoms with Crippen molar-refractivity contribution in [3.63, 3.8) is 0 Å². The molecule has 1 saturated heterocycles. The number of likely N-dealkylation sites (tertiary alicyclic amines) is 1. The van der Waals surface area contributed by atoms with Crippen LogP contribution >= 0.6 is 0 Å². The standard InChI is InChI=1S/C22H27N5O2S/c1-26-24-22(23-25-26)20-7-9-21(10-8-20)30(28,29)16-13-18-11-14-27(15-12-18)17-19-5-3-2-4-6-19/h2-10,18H,11-17H2,1H3. The highest BCUT2D eigenvalue weighted by molar-refractivity contribution is 7.91. The Morgan fingerprint density at radius 3 is 2.33 bits per heavy atom. The van der Waals surface area contributed by atoms with Gasteiger partial charge in [0, 0.05) is 12.1 Å². The van der Waals surface area contributed by atoms with E-state index in [1.807, 2.05) is 6.07 Å². The van der Waals surface area contributed by atoms with Crippen molar-refractivity contribution in [3.05, 3.63) is 60.2 Å². The monoisotopic (exact) mass is 425 g/mol. The van der Waals surface area contributed by atoms with Crippen LogP contribution in [0.2, 0.25) is 0 Å². The molecule has 1 aliphatic rings. The van der Waals surface area contributed by atoms with Crippen molar-refractivity contribution in [1.29, 1.82) is 0 Å². The van der Waals surface area contributed by atoms with Crippen LogP contribution in [0.25, 0.3) is 11.4 Å². The number of hydrogen-bond donors (Lipinski definition) is 0. The quantitative estimate of drug-likeness (QED) is 0.579. The van der Waals surface area contributed by atoms with E-state index in [4.69, 9.17) is 0 Å². The first-order chi connectivity index (χ1) is 14.5. The number of rotatable bonds is 7. The highest BCUT2D eigenvalue weighted by atomic mass is 32.2. The van der Waals surface area contributed by atoms with Crippen LogP contribution < -0.4 is 0 Å². The van der Waals surface area contributed by atoms with Crippen molar-refractivity contribution in [2.24, 2.45) is 13.0 Å². The third kappa shape index (κ3) is 5.12. The second kappa shape index (κ2) is 9.06. The highest BCUT2D eigenvalue weighted by Crippen LogP contribution is 2.25. The van der Waals surface area contributed by atoms with E-state index in [0.29, 0.717) is 16.6 Å². The van der Waals surface area contributed by atoms with Gasteiger partial charge in [-0.2, -0.15) is 4.80 Å². The number of aryl methyl sites for hydroxylation is 1. The number of nitrogens with zero attached hydrogens (tertiary/aromatic N) is 5. The molecule has 0 unspecified atom stereocenters. The number of aromatic nitrogens is 4. The maximum atomic E-state index is 12.8. The van der Waals surface area contributed by atoms with Gasteiger partial charge >= 0.3 is 0 Å². The average Bonchev–Trinajstić information content (AvgIpc) is 3.20. The van der Waals surface area contributed by atoms with E-state index < -0.39 is 9.84 Å². The van der Waals surface area contributed by atoms with E-state index in [2.05, 4.69) is 44.6 Å². The lowest BCUT2D eigenvalue weighted by atomic mass is 9.94. The third-order valence-corrected chi connectivity index (χ3v) is 7.49. The lowest BCUT2D eigenvalue weighted by Crippen LogP contribution is -2.33. The molecule has 30 heavy (non-hydrogen) atoms. The molecule has 1 aromatic heterocycles. The number of piperidine rings is 1. The van der Waals surface area contributed by atoms with Gasteiger partial charge in [-0.3, -0.25) is 4.90 Å². The molecule has 4 rings (SSSR count). The summed E-state index contributed by atoms with van der Waals surface area (Å²) in [5.74, 6) is 1.15. The molecule has 0 radical (unpaired) electrons. The first-order valence-electron chi connectivity index (χ1n) is 10.3. The Balaban J connectivity index is 1.28. The lowest BCUT2D eigenvalue weighted by Gasteiger charge is -2.32. The molecule has 0 bridgehead atoms. The zero-order valence-corrected chi connectivity index (χ0v) is 18.0. The van der Waals surface area contributed by atoms with Gasteiger partial charge in [0.15, 0.2) is 9.84 Å². The SMILES string of the molecule is Cn1nnc(-c2ccc(S(=O)(=O)CCC3CCN(Cc4ccccc4)CC3)cc2)n1. The summed E-state index contributed by atoms with van der Waals surface area (Å²) in [5.41, 5.74) is 2.09. The Morgan fingerprint density at radius 2 is 1.70 bits per heavy atom. The van der Waals surface area contributed by atoms with E-state index in [1.165, 1.54) is 10.4 Å². The summed E-state index contributed by atoms with van der Waals surface area (Å²) in [6.07, 6.45) is 2.83. The van der Waals surface area contributed by atoms with Crippen LogP contribution in [-0.4, -0.2) is 52.4 Å². The predicted molar refractivity (Wildman–Crippen MR) is 115 cm³/mol. The summed E-state index contributed by atoms with van der Waals surface area (Å²) in [5, 5.41) is 11.9. The Bertz CT molecular complexity index is 1060. The fourth-order valence-electron chi connectivity index (χ4n) is 3.93. The summed E-state index contributed by atoms with van der Waals surface area (Å²) in [6, 6.07) is 17.3. The van der Waals surface area contributed by atoms with E-state index >= 15 is 0 Å². The minimum Gasteiger partial charge on any atom is -0.299 e. The van der Waals surface area contributed by atoms with E-state index in [1.54, 1.807) is 31.3 Å². The molecular formula is C22H27N5O2S. The van der Waals surface area contributed by atoms with Crippen LogP contribution in [0, 0.1) is 5.92 Å². The van der Waals surface area contributed by atoms with Gasteiger partial charge in [0.05, 0.1) is 17.7 Å². The molecule has 7 nitrogen and oxygen atoms in total. The molecule has 0 saturated carbocycles. The van der Waals surface area contributed by atoms with Crippen LogP contribution in [0.1, 0.15) is 24.8 Å². The first kappa shape index (κ1) is 20.7. The van der Waals surface area contributed by atoms with Crippen molar-refractivity contribution in [2.45, 2.75) is 30.7 Å². The van der Waals surface area contributed by atoms with Gasteiger partial charge in [0.25, 0.3) is 0 Å². The van der Waals surface area contributed by atoms with Gasteiger partial charge in [0.2, 0.25) is 5.82 Å². The highest BCUT2D eigenvalue weighted by Gasteiger charge is 2.22. The summed E-state index contributed by atoms with van der Waals surface area (Å²) in [7, 11) is -1.59. The molecule has 158 valence electrons. The second-order valence-electron chi connectivity index (χ2n) is 7.94. The Morgan fingerprint density at radius 1 is 1.00 bits per heavy atom. The Labute approximate surface area is 177 Å². The molecule has 0 N–H and O–H groups in total. The molecule has 0 amide bonds. The van der Waals surface area contributed by atoms with Crippen molar-refractivity contribution in [3.8, 4) is 11.4 Å². The smallest absolute Gasteiger partial charge is 0.204 e. The van der Waals surface area contributed by atoms with Crippen molar-refractivity contribution < 1.29 is 8.42 Å². The molecule has 8 heteroatoms. The molecule has 2 aromatic carbocycles. The zero-order chi connectivity index (χ0) is 21.0. The van der Waals surface area contributed by atoms with E-state index in [9.17, 15) is 8.42 Å². The maximum Gasteiger partial charge on any atom is 0.204 e. The van der Waals surface area contributed by atoms with Crippen LogP contribution in [0.3, 0.4) is 0 Å². The molecule has 3 aromatic rings. The van der Waals surface area contributed by atoms with Crippen molar-refractivity contribution in [1.82, 2.24) is 25.1 Å². The molecule has 0 spiro atoms. The largest absolute Gasteiger partial charge is 0.299 e. The van der Waals surface area contributed by atoms with Crippen LogP contribution in [0.5, 0.6) is 0 Å². The topological polar surface area (TPSA) is 81.0 Å². The second-order valence-corrected chi connectivity index (χ2v) is 10.0. The summed E-state index contributed by atoms with van der Waals surface area (Å²) < 4.78 is 25.5. The van der Waals surface area contributed by atoms with Gasteiger partial charge in [0.1, 0.15) is 0 Å². The van der Waals surface area contributed by atoms with Crippen LogP contribution in [-0.2, 0) is 23.4 Å². The third-order valence-electron chi connectivity index (χ3n) is 5.73. The average molecular weight is 426 g/mol. The molecule has 0 atom stereocenters. The zero-order valence-electron chi connectivity index (χ0n) is 17.2. The summed E-state index contributed by atoms with van der Waals surface area (Å²) in [4.78, 5) is 4.20. The first-order valence-corrected chi connectivity index (χ1v) is 12.0. The predicted octanol–water partition coefficient (Wildman–Crippen LogP) is 2.95. The normalized spacial score (nSPS) is 16.0. The molecule has 2 heterocycles. The maximum absolute atomic E-state index is 12.8. The van der Waals surface area contributed by atoms with Crippen LogP contribution in [0.4, 0.5) is 0 Å². The number of sulfone groups is 1. The summed E-state index contributed by atoms with van der Waals surface area (Å²) >= 11 is 0. The molecule has 1 fully saturated rings. The minimum absolute atomic E-state index is 0.194. The molecule has 1 aliphatic heterocycles. The van der Waals surface area contributed by atoms with Crippen molar-refractivity contribution in [2.75, 3.05) is 18.8 Å². The van der Waals surface area contributed by atoms with Crippen LogP contribution in [0.15, 0.2) is 59.5 Å². The van der Waals surface area contributed by atoms with Gasteiger partial charge in [-0.05, 0) is 73.3 Å². The summed E-state index contributed by atoms with van der Waals surface area (Å²) in [6.45, 7) is 3.03.